The number of nitrogens with zero attached hydrogens (tertiary/aromatic N) is 3. The number of halogens is 3. The summed E-state index contributed by atoms with van der Waals surface area (Å²) in [4.78, 5) is 2.52. The fraction of sp³-hybridized carbons (Fsp3) is 0.250. The Kier molecular flexibility index (Phi) is 3.68. The van der Waals surface area contributed by atoms with Crippen LogP contribution in [0, 0.1) is 11.6 Å². The fourth-order valence-corrected chi connectivity index (χ4v) is 1.16. The zero-order valence-corrected chi connectivity index (χ0v) is 7.80. The lowest BCUT2D eigenvalue weighted by Gasteiger charge is -2.02. The lowest BCUT2D eigenvalue weighted by molar-refractivity contribution is 0.573. The Morgan fingerprint density at radius 3 is 2.79 bits per heavy atom. The summed E-state index contributed by atoms with van der Waals surface area (Å²) in [5.41, 5.74) is 8.23. The topological polar surface area (TPSA) is 48.8 Å². The molecule has 3 nitrogen and oxygen atoms in total. The van der Waals surface area contributed by atoms with E-state index < -0.39 is 16.7 Å². The van der Waals surface area contributed by atoms with Crippen molar-refractivity contribution in [2.75, 3.05) is 6.54 Å². The Bertz CT molecular complexity index is 388. The van der Waals surface area contributed by atoms with Gasteiger partial charge in [0.05, 0.1) is 0 Å². The standard InChI is InChI=1S/C8H6ClF2N3/c9-7-6(10)2-1-5(8(7)11)3-4-13-14-12/h1-2H,3-4H2. The minimum absolute atomic E-state index is 0.120. The van der Waals surface area contributed by atoms with Gasteiger partial charge in [-0.3, -0.25) is 0 Å². The molecule has 0 aromatic heterocycles. The Hall–Kier alpha value is -1.32. The zero-order valence-electron chi connectivity index (χ0n) is 7.04. The molecular weight excluding hydrogens is 212 g/mol. The van der Waals surface area contributed by atoms with Gasteiger partial charge in [0.15, 0.2) is 0 Å². The molecule has 74 valence electrons. The monoisotopic (exact) mass is 217 g/mol. The molecule has 0 spiro atoms. The van der Waals surface area contributed by atoms with E-state index in [1.54, 1.807) is 0 Å². The number of hydrogen-bond donors (Lipinski definition) is 0. The average molecular weight is 218 g/mol. The summed E-state index contributed by atoms with van der Waals surface area (Å²) in [5.74, 6) is -1.59. The van der Waals surface area contributed by atoms with E-state index in [9.17, 15) is 8.78 Å². The second-order valence-electron chi connectivity index (χ2n) is 2.54. The van der Waals surface area contributed by atoms with Crippen molar-refractivity contribution in [3.8, 4) is 0 Å². The van der Waals surface area contributed by atoms with Gasteiger partial charge in [0.2, 0.25) is 0 Å². The molecule has 1 rings (SSSR count). The lowest BCUT2D eigenvalue weighted by Crippen LogP contribution is -1.95. The lowest BCUT2D eigenvalue weighted by atomic mass is 10.1. The van der Waals surface area contributed by atoms with E-state index in [1.807, 2.05) is 0 Å². The average Bonchev–Trinajstić information content (AvgIpc) is 2.18. The van der Waals surface area contributed by atoms with Gasteiger partial charge in [-0.1, -0.05) is 22.8 Å². The Labute approximate surface area is 83.9 Å². The molecular formula is C8H6ClF2N3. The number of azide groups is 1. The minimum Gasteiger partial charge on any atom is -0.205 e. The highest BCUT2D eigenvalue weighted by Gasteiger charge is 2.10. The third-order valence-corrected chi connectivity index (χ3v) is 2.01. The molecule has 14 heavy (non-hydrogen) atoms. The molecule has 1 aromatic rings. The van der Waals surface area contributed by atoms with Crippen LogP contribution in [0.5, 0.6) is 0 Å². The van der Waals surface area contributed by atoms with Crippen LogP contribution in [0.2, 0.25) is 5.02 Å². The van der Waals surface area contributed by atoms with Crippen molar-refractivity contribution in [1.29, 1.82) is 0 Å². The molecule has 0 N–H and O–H groups in total. The van der Waals surface area contributed by atoms with Gasteiger partial charge in [-0.25, -0.2) is 8.78 Å². The molecule has 0 aliphatic heterocycles. The molecule has 1 aromatic carbocycles. The molecule has 0 fully saturated rings. The van der Waals surface area contributed by atoms with E-state index in [-0.39, 0.29) is 18.5 Å². The first-order valence-corrected chi connectivity index (χ1v) is 4.18. The highest BCUT2D eigenvalue weighted by atomic mass is 35.5. The van der Waals surface area contributed by atoms with Crippen LogP contribution < -0.4 is 0 Å². The van der Waals surface area contributed by atoms with Gasteiger partial charge in [-0.15, -0.1) is 0 Å². The fourth-order valence-electron chi connectivity index (χ4n) is 0.974. The third-order valence-electron chi connectivity index (χ3n) is 1.66. The van der Waals surface area contributed by atoms with Gasteiger partial charge in [-0.05, 0) is 23.6 Å². The van der Waals surface area contributed by atoms with Crippen LogP contribution in [-0.4, -0.2) is 6.54 Å². The van der Waals surface area contributed by atoms with E-state index in [0.717, 1.165) is 6.07 Å². The molecule has 0 heterocycles. The predicted molar refractivity (Wildman–Crippen MR) is 49.1 cm³/mol. The van der Waals surface area contributed by atoms with Gasteiger partial charge in [-0.2, -0.15) is 0 Å². The summed E-state index contributed by atoms with van der Waals surface area (Å²) in [6.07, 6.45) is 0.204. The SMILES string of the molecule is [N-]=[N+]=NCCc1ccc(F)c(Cl)c1F. The first-order chi connectivity index (χ1) is 6.66. The van der Waals surface area contributed by atoms with Gasteiger partial charge in [0.25, 0.3) is 0 Å². The van der Waals surface area contributed by atoms with E-state index in [0.29, 0.717) is 0 Å². The maximum absolute atomic E-state index is 13.2. The van der Waals surface area contributed by atoms with Gasteiger partial charge < -0.3 is 0 Å². The molecule has 0 radical (unpaired) electrons. The number of rotatable bonds is 3. The Balaban J connectivity index is 2.88. The minimum atomic E-state index is -0.795. The second-order valence-corrected chi connectivity index (χ2v) is 2.92. The summed E-state index contributed by atoms with van der Waals surface area (Å²) in [7, 11) is 0. The smallest absolute Gasteiger partial charge is 0.147 e. The van der Waals surface area contributed by atoms with Crippen molar-refractivity contribution >= 4 is 11.6 Å². The summed E-state index contributed by atoms with van der Waals surface area (Å²) in [6, 6.07) is 2.36. The van der Waals surface area contributed by atoms with E-state index >= 15 is 0 Å². The Morgan fingerprint density at radius 2 is 2.14 bits per heavy atom. The molecule has 0 aliphatic rings. The molecule has 0 unspecified atom stereocenters. The maximum atomic E-state index is 13.2. The van der Waals surface area contributed by atoms with E-state index in [2.05, 4.69) is 10.0 Å². The molecule has 0 atom stereocenters. The van der Waals surface area contributed by atoms with Crippen molar-refractivity contribution in [2.45, 2.75) is 6.42 Å². The van der Waals surface area contributed by atoms with Crippen LogP contribution in [0.25, 0.3) is 10.4 Å². The quantitative estimate of drug-likeness (QED) is 0.322. The Morgan fingerprint density at radius 1 is 1.43 bits per heavy atom. The predicted octanol–water partition coefficient (Wildman–Crippen LogP) is 3.47. The normalized spacial score (nSPS) is 9.64. The maximum Gasteiger partial charge on any atom is 0.147 e. The van der Waals surface area contributed by atoms with Crippen molar-refractivity contribution in [1.82, 2.24) is 0 Å². The second kappa shape index (κ2) is 4.79. The van der Waals surface area contributed by atoms with Gasteiger partial charge in [0, 0.05) is 11.5 Å². The number of hydrogen-bond acceptors (Lipinski definition) is 1. The van der Waals surface area contributed by atoms with Crippen molar-refractivity contribution in [3.05, 3.63) is 44.8 Å². The third kappa shape index (κ3) is 2.34. The molecule has 6 heteroatoms. The van der Waals surface area contributed by atoms with Gasteiger partial charge >= 0.3 is 0 Å². The first kappa shape index (κ1) is 10.8. The molecule has 0 saturated heterocycles. The van der Waals surface area contributed by atoms with E-state index in [1.165, 1.54) is 6.07 Å². The summed E-state index contributed by atoms with van der Waals surface area (Å²) < 4.78 is 25.9. The largest absolute Gasteiger partial charge is 0.205 e. The van der Waals surface area contributed by atoms with Crippen LogP contribution >= 0.6 is 11.6 Å². The highest BCUT2D eigenvalue weighted by molar-refractivity contribution is 6.30. The van der Waals surface area contributed by atoms with Crippen LogP contribution in [0.3, 0.4) is 0 Å². The summed E-state index contributed by atoms with van der Waals surface area (Å²) >= 11 is 5.34. The molecule has 0 amide bonds. The van der Waals surface area contributed by atoms with Crippen LogP contribution in [0.4, 0.5) is 8.78 Å². The van der Waals surface area contributed by atoms with Crippen molar-refractivity contribution in [2.24, 2.45) is 5.11 Å². The molecule has 0 saturated carbocycles. The highest BCUT2D eigenvalue weighted by Crippen LogP contribution is 2.22. The zero-order chi connectivity index (χ0) is 10.6. The number of benzene rings is 1. The van der Waals surface area contributed by atoms with Crippen LogP contribution in [0.1, 0.15) is 5.56 Å². The summed E-state index contributed by atoms with van der Waals surface area (Å²) in [5, 5.41) is 2.71. The molecule has 0 bridgehead atoms. The summed E-state index contributed by atoms with van der Waals surface area (Å²) in [6.45, 7) is 0.120. The van der Waals surface area contributed by atoms with E-state index in [4.69, 9.17) is 17.1 Å². The van der Waals surface area contributed by atoms with Gasteiger partial charge in [0.1, 0.15) is 16.7 Å². The van der Waals surface area contributed by atoms with Crippen molar-refractivity contribution < 1.29 is 8.78 Å². The van der Waals surface area contributed by atoms with Crippen molar-refractivity contribution in [3.63, 3.8) is 0 Å². The van der Waals surface area contributed by atoms with Crippen LogP contribution in [0.15, 0.2) is 17.2 Å². The van der Waals surface area contributed by atoms with Crippen LogP contribution in [-0.2, 0) is 6.42 Å². The first-order valence-electron chi connectivity index (χ1n) is 3.80. The molecule has 0 aliphatic carbocycles.